The SMILES string of the molecule is COC1=C(OC)[C@H](OC(C)=O)[C@H](C/C=C(\C)CC/C=C(\C)CC2CC(C)C(=O)O2)[C@@H](C)C1=O. The topological polar surface area (TPSA) is 88.1 Å². The van der Waals surface area contributed by atoms with Crippen LogP contribution in [0.25, 0.3) is 0 Å². The van der Waals surface area contributed by atoms with Gasteiger partial charge in [-0.3, -0.25) is 14.4 Å². The summed E-state index contributed by atoms with van der Waals surface area (Å²) in [5, 5.41) is 0. The summed E-state index contributed by atoms with van der Waals surface area (Å²) >= 11 is 0. The minimum Gasteiger partial charge on any atom is -0.493 e. The summed E-state index contributed by atoms with van der Waals surface area (Å²) < 4.78 is 21.6. The van der Waals surface area contributed by atoms with E-state index in [0.29, 0.717) is 6.42 Å². The van der Waals surface area contributed by atoms with Gasteiger partial charge in [0.15, 0.2) is 11.9 Å². The molecule has 1 aliphatic carbocycles. The maximum absolute atomic E-state index is 12.8. The highest BCUT2D eigenvalue weighted by molar-refractivity contribution is 5.97. The van der Waals surface area contributed by atoms with Crippen molar-refractivity contribution >= 4 is 17.7 Å². The molecular formula is C26H38O7. The van der Waals surface area contributed by atoms with Gasteiger partial charge in [0.25, 0.3) is 0 Å². The zero-order valence-corrected chi connectivity index (χ0v) is 20.9. The zero-order chi connectivity index (χ0) is 24.7. The van der Waals surface area contributed by atoms with Crippen LogP contribution < -0.4 is 0 Å². The maximum Gasteiger partial charge on any atom is 0.309 e. The van der Waals surface area contributed by atoms with Crippen molar-refractivity contribution in [2.45, 2.75) is 78.9 Å². The van der Waals surface area contributed by atoms with Gasteiger partial charge >= 0.3 is 11.9 Å². The van der Waals surface area contributed by atoms with Crippen molar-refractivity contribution in [3.05, 3.63) is 34.8 Å². The van der Waals surface area contributed by atoms with E-state index in [1.54, 1.807) is 0 Å². The Hall–Kier alpha value is -2.57. The van der Waals surface area contributed by atoms with Gasteiger partial charge in [0.2, 0.25) is 11.5 Å². The third-order valence-corrected chi connectivity index (χ3v) is 6.49. The number of Topliss-reactive ketones (excluding diaryl/α,β-unsaturated/α-hetero) is 1. The van der Waals surface area contributed by atoms with E-state index in [2.05, 4.69) is 26.0 Å². The number of cyclic esters (lactones) is 1. The molecule has 0 saturated carbocycles. The highest BCUT2D eigenvalue weighted by Gasteiger charge is 2.45. The van der Waals surface area contributed by atoms with E-state index in [4.69, 9.17) is 18.9 Å². The van der Waals surface area contributed by atoms with Crippen LogP contribution in [0, 0.1) is 17.8 Å². The third kappa shape index (κ3) is 6.95. The van der Waals surface area contributed by atoms with Crippen LogP contribution in [0.3, 0.4) is 0 Å². The summed E-state index contributed by atoms with van der Waals surface area (Å²) in [7, 11) is 2.87. The van der Waals surface area contributed by atoms with Gasteiger partial charge in [-0.1, -0.05) is 37.1 Å². The van der Waals surface area contributed by atoms with E-state index in [9.17, 15) is 14.4 Å². The Bertz CT molecular complexity index is 836. The predicted octanol–water partition coefficient (Wildman–Crippen LogP) is 4.66. The zero-order valence-electron chi connectivity index (χ0n) is 20.9. The molecule has 0 N–H and O–H groups in total. The monoisotopic (exact) mass is 462 g/mol. The Kier molecular flexibility index (Phi) is 9.74. The number of carbonyl (C=O) groups excluding carboxylic acids is 3. The summed E-state index contributed by atoms with van der Waals surface area (Å²) in [6.07, 6.45) is 7.53. The first-order chi connectivity index (χ1) is 15.6. The standard InChI is InChI=1S/C26H38O7/c1-15(9-8-10-16(2)13-20-14-17(3)26(29)33-20)11-12-21-18(4)22(28)24(30-6)25(31-7)23(21)32-19(5)27/h10-11,17-18,20-21,23H,8-9,12-14H2,1-7H3/b15-11+,16-10+/t17?,18-,20?,21-,23-/m1/s1. The molecule has 1 aliphatic heterocycles. The second-order valence-electron chi connectivity index (χ2n) is 9.22. The normalized spacial score (nSPS) is 28.6. The fraction of sp³-hybridized carbons (Fsp3) is 0.654. The molecule has 1 fully saturated rings. The molecule has 0 radical (unpaired) electrons. The summed E-state index contributed by atoms with van der Waals surface area (Å²) in [5.74, 6) is -0.894. The molecule has 184 valence electrons. The summed E-state index contributed by atoms with van der Waals surface area (Å²) in [6, 6.07) is 0. The van der Waals surface area contributed by atoms with Crippen molar-refractivity contribution in [2.75, 3.05) is 14.2 Å². The lowest BCUT2D eigenvalue weighted by molar-refractivity contribution is -0.153. The number of hydrogen-bond acceptors (Lipinski definition) is 7. The Morgan fingerprint density at radius 3 is 2.30 bits per heavy atom. The van der Waals surface area contributed by atoms with Crippen LogP contribution >= 0.6 is 0 Å². The van der Waals surface area contributed by atoms with E-state index in [1.165, 1.54) is 32.3 Å². The van der Waals surface area contributed by atoms with Crippen LogP contribution in [0.5, 0.6) is 0 Å². The van der Waals surface area contributed by atoms with Crippen molar-refractivity contribution in [3.63, 3.8) is 0 Å². The van der Waals surface area contributed by atoms with Crippen LogP contribution in [-0.4, -0.2) is 44.1 Å². The smallest absolute Gasteiger partial charge is 0.309 e. The van der Waals surface area contributed by atoms with Gasteiger partial charge in [-0.15, -0.1) is 0 Å². The molecular weight excluding hydrogens is 424 g/mol. The average molecular weight is 463 g/mol. The number of esters is 2. The summed E-state index contributed by atoms with van der Waals surface area (Å²) in [5.41, 5.74) is 2.42. The van der Waals surface area contributed by atoms with Crippen molar-refractivity contribution in [2.24, 2.45) is 17.8 Å². The first-order valence-corrected chi connectivity index (χ1v) is 11.6. The lowest BCUT2D eigenvalue weighted by Gasteiger charge is -2.35. The summed E-state index contributed by atoms with van der Waals surface area (Å²) in [6.45, 7) is 9.22. The maximum atomic E-state index is 12.8. The molecule has 1 saturated heterocycles. The minimum atomic E-state index is -0.669. The van der Waals surface area contributed by atoms with Crippen LogP contribution in [0.1, 0.15) is 66.7 Å². The Morgan fingerprint density at radius 1 is 1.06 bits per heavy atom. The first kappa shape index (κ1) is 26.7. The Labute approximate surface area is 197 Å². The third-order valence-electron chi connectivity index (χ3n) is 6.49. The molecule has 2 unspecified atom stereocenters. The molecule has 7 heteroatoms. The van der Waals surface area contributed by atoms with Gasteiger partial charge < -0.3 is 18.9 Å². The lowest BCUT2D eigenvalue weighted by atomic mass is 9.77. The molecule has 2 rings (SSSR count). The first-order valence-electron chi connectivity index (χ1n) is 11.6. The molecule has 1 heterocycles. The summed E-state index contributed by atoms with van der Waals surface area (Å²) in [4.78, 5) is 36.1. The van der Waals surface area contributed by atoms with Crippen molar-refractivity contribution in [3.8, 4) is 0 Å². The molecule has 0 aromatic carbocycles. The fourth-order valence-corrected chi connectivity index (χ4v) is 4.54. The number of rotatable bonds is 10. The van der Waals surface area contributed by atoms with E-state index >= 15 is 0 Å². The van der Waals surface area contributed by atoms with E-state index in [1.807, 2.05) is 13.8 Å². The van der Waals surface area contributed by atoms with Gasteiger partial charge in [0, 0.05) is 25.2 Å². The van der Waals surface area contributed by atoms with Crippen LogP contribution in [0.2, 0.25) is 0 Å². The molecule has 33 heavy (non-hydrogen) atoms. The van der Waals surface area contributed by atoms with Gasteiger partial charge in [0.1, 0.15) is 6.10 Å². The molecule has 0 spiro atoms. The van der Waals surface area contributed by atoms with Crippen LogP contribution in [0.15, 0.2) is 34.8 Å². The van der Waals surface area contributed by atoms with Gasteiger partial charge in [0.05, 0.1) is 20.1 Å². The highest BCUT2D eigenvalue weighted by Crippen LogP contribution is 2.37. The highest BCUT2D eigenvalue weighted by atomic mass is 16.6. The molecule has 7 nitrogen and oxygen atoms in total. The lowest BCUT2D eigenvalue weighted by Crippen LogP contribution is -2.42. The Morgan fingerprint density at radius 2 is 1.76 bits per heavy atom. The second-order valence-corrected chi connectivity index (χ2v) is 9.22. The predicted molar refractivity (Wildman–Crippen MR) is 124 cm³/mol. The number of methoxy groups -OCH3 is 2. The van der Waals surface area contributed by atoms with E-state index < -0.39 is 12.1 Å². The Balaban J connectivity index is 2.00. The van der Waals surface area contributed by atoms with Gasteiger partial charge in [-0.2, -0.15) is 0 Å². The van der Waals surface area contributed by atoms with Crippen LogP contribution in [-0.2, 0) is 33.3 Å². The number of ketones is 1. The van der Waals surface area contributed by atoms with Gasteiger partial charge in [-0.05, 0) is 39.5 Å². The number of carbonyl (C=O) groups is 3. The van der Waals surface area contributed by atoms with Crippen molar-refractivity contribution < 1.29 is 33.3 Å². The largest absolute Gasteiger partial charge is 0.493 e. The van der Waals surface area contributed by atoms with Gasteiger partial charge in [-0.25, -0.2) is 0 Å². The molecule has 0 aromatic heterocycles. The molecule has 0 bridgehead atoms. The molecule has 5 atom stereocenters. The molecule has 0 aromatic rings. The fourth-order valence-electron chi connectivity index (χ4n) is 4.54. The quantitative estimate of drug-likeness (QED) is 0.344. The molecule has 2 aliphatic rings. The number of allylic oxidation sites excluding steroid dienone is 4. The van der Waals surface area contributed by atoms with E-state index in [0.717, 1.165) is 25.7 Å². The van der Waals surface area contributed by atoms with Crippen molar-refractivity contribution in [1.82, 2.24) is 0 Å². The molecule has 0 amide bonds. The number of hydrogen-bond donors (Lipinski definition) is 0. The van der Waals surface area contributed by atoms with Crippen LogP contribution in [0.4, 0.5) is 0 Å². The van der Waals surface area contributed by atoms with Crippen molar-refractivity contribution in [1.29, 1.82) is 0 Å². The minimum absolute atomic E-state index is 0.00807. The number of ether oxygens (including phenoxy) is 4. The second kappa shape index (κ2) is 12.1. The van der Waals surface area contributed by atoms with E-state index in [-0.39, 0.29) is 47.1 Å². The average Bonchev–Trinajstić information content (AvgIpc) is 3.06.